The average molecular weight is 189 g/mol. The zero-order valence-corrected chi connectivity index (χ0v) is 9.08. The minimum Gasteiger partial charge on any atom is -0.352 e. The van der Waals surface area contributed by atoms with Gasteiger partial charge in [0.05, 0.1) is 12.2 Å². The van der Waals surface area contributed by atoms with Gasteiger partial charge in [-0.15, -0.1) is 0 Å². The largest absolute Gasteiger partial charge is 0.352 e. The molecule has 0 radical (unpaired) electrons. The molecule has 0 aliphatic carbocycles. The van der Waals surface area contributed by atoms with Gasteiger partial charge in [0.2, 0.25) is 0 Å². The molecule has 0 bridgehead atoms. The summed E-state index contributed by atoms with van der Waals surface area (Å²) < 4.78 is 10.8. The van der Waals surface area contributed by atoms with Crippen LogP contribution in [0.4, 0.5) is 0 Å². The quantitative estimate of drug-likeness (QED) is 0.593. The van der Waals surface area contributed by atoms with E-state index in [-0.39, 0.29) is 6.10 Å². The second-order valence-corrected chi connectivity index (χ2v) is 3.44. The van der Waals surface area contributed by atoms with Crippen LogP contribution in [-0.2, 0) is 9.47 Å². The highest BCUT2D eigenvalue weighted by Crippen LogP contribution is 2.02. The fourth-order valence-corrected chi connectivity index (χ4v) is 1.08. The Labute approximate surface area is 81.6 Å². The molecule has 0 amide bonds. The maximum absolute atomic E-state index is 5.44. The molecule has 0 spiro atoms. The van der Waals surface area contributed by atoms with Gasteiger partial charge in [0, 0.05) is 0 Å². The van der Waals surface area contributed by atoms with E-state index < -0.39 is 0 Å². The average Bonchev–Trinajstić information content (AvgIpc) is 2.05. The third-order valence-electron chi connectivity index (χ3n) is 1.97. The van der Waals surface area contributed by atoms with Gasteiger partial charge in [-0.05, 0) is 33.2 Å². The minimum absolute atomic E-state index is 0.207. The molecular weight excluding hydrogens is 166 g/mol. The van der Waals surface area contributed by atoms with Crippen LogP contribution in [0.1, 0.15) is 40.0 Å². The first-order valence-corrected chi connectivity index (χ1v) is 5.14. The zero-order chi connectivity index (χ0) is 10.1. The summed E-state index contributed by atoms with van der Waals surface area (Å²) in [6, 6.07) is 0. The van der Waals surface area contributed by atoms with E-state index in [2.05, 4.69) is 13.8 Å². The lowest BCUT2D eigenvalue weighted by Crippen LogP contribution is -2.18. The van der Waals surface area contributed by atoms with Gasteiger partial charge >= 0.3 is 0 Å². The van der Waals surface area contributed by atoms with Crippen molar-refractivity contribution in [1.29, 1.82) is 0 Å². The number of nitrogens with two attached hydrogens (primary N) is 1. The Morgan fingerprint density at radius 2 is 1.62 bits per heavy atom. The normalized spacial score (nSPS) is 15.7. The van der Waals surface area contributed by atoms with E-state index in [9.17, 15) is 0 Å². The van der Waals surface area contributed by atoms with Crippen molar-refractivity contribution < 1.29 is 9.47 Å². The molecule has 0 saturated heterocycles. The van der Waals surface area contributed by atoms with E-state index in [0.29, 0.717) is 19.4 Å². The van der Waals surface area contributed by atoms with Crippen LogP contribution in [0.25, 0.3) is 0 Å². The first-order valence-electron chi connectivity index (χ1n) is 5.14. The van der Waals surface area contributed by atoms with Gasteiger partial charge in [0.15, 0.2) is 0 Å². The number of hydrogen-bond acceptors (Lipinski definition) is 3. The maximum atomic E-state index is 5.44. The molecule has 2 atom stereocenters. The standard InChI is InChI=1S/C10H23NO2/c1-4-5-9(2)12-8-13-10(3)6-7-11/h9-10H,4-8,11H2,1-3H3. The lowest BCUT2D eigenvalue weighted by atomic mass is 10.2. The third kappa shape index (κ3) is 8.22. The van der Waals surface area contributed by atoms with Crippen LogP contribution in [-0.4, -0.2) is 25.5 Å². The van der Waals surface area contributed by atoms with Crippen molar-refractivity contribution in [2.75, 3.05) is 13.3 Å². The second-order valence-electron chi connectivity index (χ2n) is 3.44. The minimum atomic E-state index is 0.207. The Bertz CT molecular complexity index is 97.1. The monoisotopic (exact) mass is 189 g/mol. The highest BCUT2D eigenvalue weighted by Gasteiger charge is 2.03. The Hall–Kier alpha value is -0.120. The van der Waals surface area contributed by atoms with Crippen LogP contribution in [0.15, 0.2) is 0 Å². The topological polar surface area (TPSA) is 44.5 Å². The van der Waals surface area contributed by atoms with Crippen molar-refractivity contribution >= 4 is 0 Å². The Kier molecular flexibility index (Phi) is 8.40. The summed E-state index contributed by atoms with van der Waals surface area (Å²) in [6.45, 7) is 7.30. The van der Waals surface area contributed by atoms with Gasteiger partial charge in [-0.2, -0.15) is 0 Å². The molecule has 0 aromatic rings. The highest BCUT2D eigenvalue weighted by molar-refractivity contribution is 4.49. The van der Waals surface area contributed by atoms with Gasteiger partial charge in [0.1, 0.15) is 6.79 Å². The number of hydrogen-bond donors (Lipinski definition) is 1. The second kappa shape index (κ2) is 8.48. The van der Waals surface area contributed by atoms with Gasteiger partial charge < -0.3 is 15.2 Å². The summed E-state index contributed by atoms with van der Waals surface area (Å²) in [4.78, 5) is 0. The van der Waals surface area contributed by atoms with Crippen molar-refractivity contribution in [3.63, 3.8) is 0 Å². The lowest BCUT2D eigenvalue weighted by molar-refractivity contribution is -0.111. The molecular formula is C10H23NO2. The highest BCUT2D eigenvalue weighted by atomic mass is 16.7. The molecule has 0 aromatic heterocycles. The molecule has 13 heavy (non-hydrogen) atoms. The Morgan fingerprint density at radius 1 is 1.08 bits per heavy atom. The fraction of sp³-hybridized carbons (Fsp3) is 1.00. The summed E-state index contributed by atoms with van der Waals surface area (Å²) in [5.74, 6) is 0. The van der Waals surface area contributed by atoms with E-state index in [4.69, 9.17) is 15.2 Å². The molecule has 0 saturated carbocycles. The molecule has 80 valence electrons. The zero-order valence-electron chi connectivity index (χ0n) is 9.08. The van der Waals surface area contributed by atoms with Crippen LogP contribution in [0.2, 0.25) is 0 Å². The predicted octanol–water partition coefficient (Wildman–Crippen LogP) is 1.90. The van der Waals surface area contributed by atoms with Crippen LogP contribution < -0.4 is 5.73 Å². The molecule has 0 aliphatic heterocycles. The lowest BCUT2D eigenvalue weighted by Gasteiger charge is -2.15. The van der Waals surface area contributed by atoms with E-state index in [1.54, 1.807) is 0 Å². The van der Waals surface area contributed by atoms with Gasteiger partial charge in [-0.1, -0.05) is 13.3 Å². The van der Waals surface area contributed by atoms with Crippen molar-refractivity contribution in [2.45, 2.75) is 52.2 Å². The summed E-state index contributed by atoms with van der Waals surface area (Å²) in [5.41, 5.74) is 5.39. The van der Waals surface area contributed by atoms with Crippen molar-refractivity contribution in [3.05, 3.63) is 0 Å². The first-order chi connectivity index (χ1) is 6.20. The van der Waals surface area contributed by atoms with Gasteiger partial charge in [0.25, 0.3) is 0 Å². The van der Waals surface area contributed by atoms with Gasteiger partial charge in [-0.3, -0.25) is 0 Å². The molecule has 0 aromatic carbocycles. The Morgan fingerprint density at radius 3 is 2.08 bits per heavy atom. The first kappa shape index (κ1) is 12.9. The van der Waals surface area contributed by atoms with Crippen molar-refractivity contribution in [3.8, 4) is 0 Å². The molecule has 0 heterocycles. The molecule has 3 heteroatoms. The van der Waals surface area contributed by atoms with Crippen LogP contribution in [0.3, 0.4) is 0 Å². The fourth-order valence-electron chi connectivity index (χ4n) is 1.08. The predicted molar refractivity (Wildman–Crippen MR) is 54.5 cm³/mol. The van der Waals surface area contributed by atoms with E-state index in [1.807, 2.05) is 6.92 Å². The summed E-state index contributed by atoms with van der Waals surface area (Å²) in [5, 5.41) is 0. The molecule has 0 rings (SSSR count). The summed E-state index contributed by atoms with van der Waals surface area (Å²) in [7, 11) is 0. The molecule has 3 nitrogen and oxygen atoms in total. The third-order valence-corrected chi connectivity index (χ3v) is 1.97. The maximum Gasteiger partial charge on any atom is 0.147 e. The van der Waals surface area contributed by atoms with E-state index in [1.165, 1.54) is 0 Å². The van der Waals surface area contributed by atoms with Crippen molar-refractivity contribution in [2.24, 2.45) is 5.73 Å². The van der Waals surface area contributed by atoms with Crippen LogP contribution in [0, 0.1) is 0 Å². The number of rotatable bonds is 8. The Balaban J connectivity index is 3.23. The van der Waals surface area contributed by atoms with E-state index in [0.717, 1.165) is 19.3 Å². The summed E-state index contributed by atoms with van der Waals surface area (Å²) in [6.07, 6.45) is 3.65. The SMILES string of the molecule is CCCC(C)OCOC(C)CCN. The molecule has 0 aliphatic rings. The molecule has 2 N–H and O–H groups in total. The molecule has 0 fully saturated rings. The smallest absolute Gasteiger partial charge is 0.147 e. The molecule has 2 unspecified atom stereocenters. The van der Waals surface area contributed by atoms with Crippen LogP contribution in [0.5, 0.6) is 0 Å². The summed E-state index contributed by atoms with van der Waals surface area (Å²) >= 11 is 0. The van der Waals surface area contributed by atoms with E-state index >= 15 is 0 Å². The van der Waals surface area contributed by atoms with Crippen molar-refractivity contribution in [1.82, 2.24) is 0 Å². The van der Waals surface area contributed by atoms with Gasteiger partial charge in [-0.25, -0.2) is 0 Å². The van der Waals surface area contributed by atoms with Crippen LogP contribution >= 0.6 is 0 Å². The number of ether oxygens (including phenoxy) is 2.